The van der Waals surface area contributed by atoms with Crippen LogP contribution >= 0.6 is 11.6 Å². The number of nitrogens with zero attached hydrogens (tertiary/aromatic N) is 3. The fraction of sp³-hybridized carbons (Fsp3) is 0.346. The second-order valence-electron chi connectivity index (χ2n) is 9.43. The van der Waals surface area contributed by atoms with Gasteiger partial charge in [0.05, 0.1) is 17.1 Å². The van der Waals surface area contributed by atoms with Crippen LogP contribution in [0.1, 0.15) is 46.2 Å². The Morgan fingerprint density at radius 1 is 1.06 bits per heavy atom. The van der Waals surface area contributed by atoms with Gasteiger partial charge in [-0.2, -0.15) is 5.10 Å². The maximum absolute atomic E-state index is 14.0. The van der Waals surface area contributed by atoms with Crippen molar-refractivity contribution in [3.63, 3.8) is 0 Å². The van der Waals surface area contributed by atoms with Crippen molar-refractivity contribution in [3.05, 3.63) is 70.9 Å². The summed E-state index contributed by atoms with van der Waals surface area (Å²) in [5, 5.41) is 10.5. The lowest BCUT2D eigenvalue weighted by molar-refractivity contribution is -0.116. The van der Waals surface area contributed by atoms with Crippen LogP contribution in [0.5, 0.6) is 0 Å². The third kappa shape index (κ3) is 7.04. The molecule has 0 saturated heterocycles. The predicted octanol–water partition coefficient (Wildman–Crippen LogP) is 6.37. The highest BCUT2D eigenvalue weighted by Gasteiger charge is 2.23. The molecule has 3 rings (SSSR count). The van der Waals surface area contributed by atoms with Gasteiger partial charge in [-0.3, -0.25) is 4.79 Å². The molecule has 0 unspecified atom stereocenters. The summed E-state index contributed by atoms with van der Waals surface area (Å²) in [5.41, 5.74) is 1.03. The molecule has 0 bridgehead atoms. The van der Waals surface area contributed by atoms with E-state index in [1.807, 2.05) is 27.7 Å². The van der Waals surface area contributed by atoms with E-state index < -0.39 is 23.6 Å². The van der Waals surface area contributed by atoms with Gasteiger partial charge in [0.1, 0.15) is 24.0 Å². The molecule has 0 spiro atoms. The number of hydrogen-bond donors (Lipinski definition) is 2. The van der Waals surface area contributed by atoms with Crippen LogP contribution in [0, 0.1) is 11.6 Å². The van der Waals surface area contributed by atoms with Gasteiger partial charge in [-0.15, -0.1) is 0 Å². The van der Waals surface area contributed by atoms with Gasteiger partial charge >= 0.3 is 6.03 Å². The first-order chi connectivity index (χ1) is 17.0. The number of hydrogen-bond acceptors (Lipinski definition) is 3. The van der Waals surface area contributed by atoms with E-state index in [2.05, 4.69) is 15.7 Å². The first-order valence-corrected chi connectivity index (χ1v) is 12.0. The number of nitrogens with one attached hydrogen (secondary N) is 2. The summed E-state index contributed by atoms with van der Waals surface area (Å²) < 4.78 is 28.9. The molecule has 0 aliphatic carbocycles. The molecule has 3 aromatic rings. The number of anilines is 2. The molecule has 1 heterocycles. The Morgan fingerprint density at radius 2 is 1.75 bits per heavy atom. The van der Waals surface area contributed by atoms with Gasteiger partial charge in [0.15, 0.2) is 0 Å². The zero-order valence-electron chi connectivity index (χ0n) is 20.7. The minimum atomic E-state index is -0.898. The maximum Gasteiger partial charge on any atom is 0.322 e. The van der Waals surface area contributed by atoms with Crippen molar-refractivity contribution in [1.82, 2.24) is 14.7 Å². The Morgan fingerprint density at radius 3 is 2.36 bits per heavy atom. The number of unbranched alkanes of at least 4 members (excludes halogenated alkanes) is 1. The first-order valence-electron chi connectivity index (χ1n) is 11.6. The Bertz CT molecular complexity index is 1220. The highest BCUT2D eigenvalue weighted by atomic mass is 35.5. The number of aromatic nitrogens is 2. The Balaban J connectivity index is 1.81. The van der Waals surface area contributed by atoms with Crippen LogP contribution in [0.4, 0.5) is 25.1 Å². The molecule has 1 aromatic heterocycles. The lowest BCUT2D eigenvalue weighted by atomic mass is 9.92. The third-order valence-electron chi connectivity index (χ3n) is 5.39. The first kappa shape index (κ1) is 27.1. The predicted molar refractivity (Wildman–Crippen MR) is 138 cm³/mol. The Labute approximate surface area is 214 Å². The molecule has 36 heavy (non-hydrogen) atoms. The second kappa shape index (κ2) is 11.5. The van der Waals surface area contributed by atoms with Gasteiger partial charge in [-0.1, -0.05) is 45.7 Å². The minimum absolute atomic E-state index is 0.168. The highest BCUT2D eigenvalue weighted by Crippen LogP contribution is 2.27. The average Bonchev–Trinajstić information content (AvgIpc) is 3.23. The van der Waals surface area contributed by atoms with Crippen LogP contribution < -0.4 is 10.6 Å². The van der Waals surface area contributed by atoms with Gasteiger partial charge in [0.25, 0.3) is 0 Å². The number of benzene rings is 2. The molecule has 2 N–H and O–H groups in total. The highest BCUT2D eigenvalue weighted by molar-refractivity contribution is 6.30. The number of carbonyl (C=O) groups is 2. The molecular weight excluding hydrogens is 488 g/mol. The van der Waals surface area contributed by atoms with E-state index in [1.54, 1.807) is 35.0 Å². The molecule has 192 valence electrons. The Hall–Kier alpha value is -3.46. The maximum atomic E-state index is 14.0. The van der Waals surface area contributed by atoms with E-state index >= 15 is 0 Å². The van der Waals surface area contributed by atoms with E-state index in [0.717, 1.165) is 24.2 Å². The summed E-state index contributed by atoms with van der Waals surface area (Å²) >= 11 is 6.02. The van der Waals surface area contributed by atoms with Crippen molar-refractivity contribution >= 4 is 35.0 Å². The quantitative estimate of drug-likeness (QED) is 0.364. The van der Waals surface area contributed by atoms with Gasteiger partial charge < -0.3 is 15.5 Å². The normalized spacial score (nSPS) is 11.3. The number of amides is 3. The summed E-state index contributed by atoms with van der Waals surface area (Å²) in [4.78, 5) is 27.2. The number of halogens is 3. The van der Waals surface area contributed by atoms with Crippen LogP contribution in [-0.4, -0.2) is 39.7 Å². The second-order valence-corrected chi connectivity index (χ2v) is 9.87. The van der Waals surface area contributed by atoms with E-state index in [1.165, 1.54) is 4.90 Å². The van der Waals surface area contributed by atoms with Crippen molar-refractivity contribution in [2.45, 2.75) is 46.0 Å². The monoisotopic (exact) mass is 517 g/mol. The molecule has 0 fully saturated rings. The summed E-state index contributed by atoms with van der Waals surface area (Å²) in [5.74, 6) is -1.66. The summed E-state index contributed by atoms with van der Waals surface area (Å²) in [6, 6.07) is 11.0. The SMILES string of the molecule is CCCCN(CC(=O)Nc1cc(C(C)(C)C)nn1-c1ccc(Cl)cc1)C(=O)Nc1ccc(F)cc1F. The topological polar surface area (TPSA) is 79.3 Å². The fourth-order valence-corrected chi connectivity index (χ4v) is 3.48. The van der Waals surface area contributed by atoms with E-state index in [-0.39, 0.29) is 24.2 Å². The number of carbonyl (C=O) groups excluding carboxylic acids is 2. The molecule has 0 aliphatic rings. The molecule has 0 aliphatic heterocycles. The molecule has 0 atom stereocenters. The standard InChI is InChI=1S/C26H30ClF2N5O2/c1-5-6-13-33(25(36)30-21-12-9-18(28)14-20(21)29)16-24(35)31-23-15-22(26(2,3)4)32-34(23)19-10-7-17(27)8-11-19/h7-12,14-15H,5-6,13,16H2,1-4H3,(H,30,36)(H,31,35). The molecule has 7 nitrogen and oxygen atoms in total. The summed E-state index contributed by atoms with van der Waals surface area (Å²) in [7, 11) is 0. The van der Waals surface area contributed by atoms with Gasteiger partial charge in [-0.25, -0.2) is 18.3 Å². The van der Waals surface area contributed by atoms with E-state index in [9.17, 15) is 18.4 Å². The van der Waals surface area contributed by atoms with Crippen LogP contribution in [-0.2, 0) is 10.2 Å². The number of rotatable bonds is 8. The van der Waals surface area contributed by atoms with E-state index in [0.29, 0.717) is 29.0 Å². The van der Waals surface area contributed by atoms with E-state index in [4.69, 9.17) is 11.6 Å². The van der Waals surface area contributed by atoms with Gasteiger partial charge in [0, 0.05) is 29.1 Å². The average molecular weight is 518 g/mol. The molecule has 10 heteroatoms. The molecular formula is C26H30ClF2N5O2. The largest absolute Gasteiger partial charge is 0.322 e. The van der Waals surface area contributed by atoms with Crippen LogP contribution in [0.3, 0.4) is 0 Å². The summed E-state index contributed by atoms with van der Waals surface area (Å²) in [6.45, 7) is 8.00. The van der Waals surface area contributed by atoms with Gasteiger partial charge in [0.2, 0.25) is 5.91 Å². The lowest BCUT2D eigenvalue weighted by Gasteiger charge is -2.22. The zero-order valence-corrected chi connectivity index (χ0v) is 21.5. The zero-order chi connectivity index (χ0) is 26.5. The lowest BCUT2D eigenvalue weighted by Crippen LogP contribution is -2.41. The van der Waals surface area contributed by atoms with Crippen LogP contribution in [0.15, 0.2) is 48.5 Å². The van der Waals surface area contributed by atoms with Crippen molar-refractivity contribution in [3.8, 4) is 5.69 Å². The Kier molecular flexibility index (Phi) is 8.68. The van der Waals surface area contributed by atoms with Crippen molar-refractivity contribution in [2.75, 3.05) is 23.7 Å². The molecule has 0 saturated carbocycles. The molecule has 2 aromatic carbocycles. The third-order valence-corrected chi connectivity index (χ3v) is 5.64. The smallest absolute Gasteiger partial charge is 0.315 e. The summed E-state index contributed by atoms with van der Waals surface area (Å²) in [6.07, 6.45) is 1.43. The number of urea groups is 1. The minimum Gasteiger partial charge on any atom is -0.315 e. The fourth-order valence-electron chi connectivity index (χ4n) is 3.36. The van der Waals surface area contributed by atoms with Crippen molar-refractivity contribution in [2.24, 2.45) is 0 Å². The van der Waals surface area contributed by atoms with Crippen molar-refractivity contribution < 1.29 is 18.4 Å². The van der Waals surface area contributed by atoms with Crippen LogP contribution in [0.2, 0.25) is 5.02 Å². The van der Waals surface area contributed by atoms with Crippen molar-refractivity contribution in [1.29, 1.82) is 0 Å². The molecule has 0 radical (unpaired) electrons. The molecule has 3 amide bonds. The van der Waals surface area contributed by atoms with Gasteiger partial charge in [-0.05, 0) is 42.8 Å². The van der Waals surface area contributed by atoms with Crippen LogP contribution in [0.25, 0.3) is 5.69 Å².